The molecule has 2 rings (SSSR count). The molecular formula is C20H22N2O5. The second-order valence-electron chi connectivity index (χ2n) is 6.66. The summed E-state index contributed by atoms with van der Waals surface area (Å²) in [6, 6.07) is 10.9. The maximum Gasteiger partial charge on any atom is 0.310 e. The summed E-state index contributed by atoms with van der Waals surface area (Å²) >= 11 is 0. The Morgan fingerprint density at radius 3 is 2.41 bits per heavy atom. The molecule has 7 heteroatoms. The summed E-state index contributed by atoms with van der Waals surface area (Å²) in [5.74, 6) is -0.0790. The number of ketones is 1. The van der Waals surface area contributed by atoms with E-state index in [1.807, 2.05) is 13.8 Å². The molecule has 0 saturated heterocycles. The number of rotatable bonds is 8. The lowest BCUT2D eigenvalue weighted by Crippen LogP contribution is -2.15. The molecule has 27 heavy (non-hydrogen) atoms. The number of Topliss-reactive ketones (excluding diaryl/α,β-unsaturated/α-hetero) is 1. The quantitative estimate of drug-likeness (QED) is 0.427. The third-order valence-electron chi connectivity index (χ3n) is 3.76. The number of nitro benzene ring substituents is 1. The summed E-state index contributed by atoms with van der Waals surface area (Å²) in [4.78, 5) is 34.5. The molecule has 0 bridgehead atoms. The summed E-state index contributed by atoms with van der Waals surface area (Å²) in [5, 5.41) is 13.8. The second kappa shape index (κ2) is 8.93. The Morgan fingerprint density at radius 1 is 1.15 bits per heavy atom. The van der Waals surface area contributed by atoms with Crippen molar-refractivity contribution >= 4 is 23.1 Å². The van der Waals surface area contributed by atoms with Gasteiger partial charge in [-0.2, -0.15) is 0 Å². The van der Waals surface area contributed by atoms with Crippen molar-refractivity contribution in [1.82, 2.24) is 0 Å². The molecule has 0 aliphatic heterocycles. The molecule has 0 radical (unpaired) electrons. The van der Waals surface area contributed by atoms with E-state index < -0.39 is 4.92 Å². The SMILES string of the molecule is Cc1ccc([N+](=O)[O-])c(OCC(=O)c2ccc(NC(=O)CC(C)C)cc2)c1. The highest BCUT2D eigenvalue weighted by atomic mass is 16.6. The number of hydrogen-bond acceptors (Lipinski definition) is 5. The average molecular weight is 370 g/mol. The minimum atomic E-state index is -0.548. The van der Waals surface area contributed by atoms with Crippen molar-refractivity contribution in [1.29, 1.82) is 0 Å². The maximum absolute atomic E-state index is 12.3. The van der Waals surface area contributed by atoms with Crippen LogP contribution in [0.25, 0.3) is 0 Å². The first kappa shape index (κ1) is 20.1. The van der Waals surface area contributed by atoms with Gasteiger partial charge in [0.25, 0.3) is 0 Å². The van der Waals surface area contributed by atoms with Crippen LogP contribution < -0.4 is 10.1 Å². The maximum atomic E-state index is 12.3. The number of anilines is 1. The van der Waals surface area contributed by atoms with E-state index in [0.29, 0.717) is 17.7 Å². The van der Waals surface area contributed by atoms with Gasteiger partial charge in [0.2, 0.25) is 5.91 Å². The van der Waals surface area contributed by atoms with E-state index >= 15 is 0 Å². The van der Waals surface area contributed by atoms with Gasteiger partial charge in [0.15, 0.2) is 18.1 Å². The number of hydrogen-bond donors (Lipinski definition) is 1. The Morgan fingerprint density at radius 2 is 1.81 bits per heavy atom. The molecule has 0 fully saturated rings. The zero-order chi connectivity index (χ0) is 20.0. The van der Waals surface area contributed by atoms with Crippen LogP contribution in [0.4, 0.5) is 11.4 Å². The molecule has 1 N–H and O–H groups in total. The lowest BCUT2D eigenvalue weighted by molar-refractivity contribution is -0.385. The van der Waals surface area contributed by atoms with Gasteiger partial charge in [-0.05, 0) is 48.7 Å². The molecule has 0 unspecified atom stereocenters. The topological polar surface area (TPSA) is 98.5 Å². The highest BCUT2D eigenvalue weighted by Gasteiger charge is 2.17. The molecule has 1 amide bonds. The Labute approximate surface area is 157 Å². The van der Waals surface area contributed by atoms with Gasteiger partial charge in [-0.1, -0.05) is 19.9 Å². The molecule has 0 spiro atoms. The van der Waals surface area contributed by atoms with Crippen LogP contribution >= 0.6 is 0 Å². The van der Waals surface area contributed by atoms with E-state index in [-0.39, 0.29) is 35.7 Å². The molecule has 0 aromatic heterocycles. The number of ether oxygens (including phenoxy) is 1. The average Bonchev–Trinajstić information content (AvgIpc) is 2.59. The molecule has 0 heterocycles. The van der Waals surface area contributed by atoms with Crippen LogP contribution in [-0.2, 0) is 4.79 Å². The van der Waals surface area contributed by atoms with Gasteiger partial charge >= 0.3 is 5.69 Å². The number of amides is 1. The van der Waals surface area contributed by atoms with Crippen LogP contribution in [0, 0.1) is 23.0 Å². The van der Waals surface area contributed by atoms with Gasteiger partial charge in [-0.25, -0.2) is 0 Å². The number of benzene rings is 2. The highest BCUT2D eigenvalue weighted by Crippen LogP contribution is 2.27. The molecule has 0 saturated carbocycles. The zero-order valence-corrected chi connectivity index (χ0v) is 15.5. The minimum absolute atomic E-state index is 0.0610. The lowest BCUT2D eigenvalue weighted by atomic mass is 10.1. The van der Waals surface area contributed by atoms with E-state index in [0.717, 1.165) is 5.56 Å². The number of nitro groups is 1. The van der Waals surface area contributed by atoms with E-state index in [4.69, 9.17) is 4.74 Å². The van der Waals surface area contributed by atoms with Crippen molar-refractivity contribution in [2.45, 2.75) is 27.2 Å². The van der Waals surface area contributed by atoms with Crippen LogP contribution in [0.2, 0.25) is 0 Å². The Balaban J connectivity index is 2.00. The van der Waals surface area contributed by atoms with Crippen LogP contribution in [0.5, 0.6) is 5.75 Å². The summed E-state index contributed by atoms with van der Waals surface area (Å²) in [6.45, 7) is 5.38. The lowest BCUT2D eigenvalue weighted by Gasteiger charge is -2.09. The van der Waals surface area contributed by atoms with Crippen molar-refractivity contribution in [3.63, 3.8) is 0 Å². The minimum Gasteiger partial charge on any atom is -0.478 e. The van der Waals surface area contributed by atoms with Gasteiger partial charge in [0.05, 0.1) is 4.92 Å². The Kier molecular flexibility index (Phi) is 6.65. The van der Waals surface area contributed by atoms with Crippen LogP contribution in [0.15, 0.2) is 42.5 Å². The summed E-state index contributed by atoms with van der Waals surface area (Å²) in [7, 11) is 0. The van der Waals surface area contributed by atoms with Crippen molar-refractivity contribution in [3.8, 4) is 5.75 Å². The third kappa shape index (κ3) is 5.91. The van der Waals surface area contributed by atoms with Gasteiger partial charge in [-0.3, -0.25) is 19.7 Å². The van der Waals surface area contributed by atoms with Crippen molar-refractivity contribution in [3.05, 3.63) is 63.7 Å². The van der Waals surface area contributed by atoms with Crippen LogP contribution in [-0.4, -0.2) is 23.2 Å². The fourth-order valence-electron chi connectivity index (χ4n) is 2.44. The molecule has 142 valence electrons. The molecule has 0 aliphatic rings. The molecular weight excluding hydrogens is 348 g/mol. The predicted molar refractivity (Wildman–Crippen MR) is 102 cm³/mol. The van der Waals surface area contributed by atoms with Crippen LogP contribution in [0.1, 0.15) is 36.2 Å². The fraction of sp³-hybridized carbons (Fsp3) is 0.300. The molecule has 7 nitrogen and oxygen atoms in total. The van der Waals surface area contributed by atoms with E-state index in [1.165, 1.54) is 12.1 Å². The standard InChI is InChI=1S/C20H22N2O5/c1-13(2)10-20(24)21-16-7-5-15(6-8-16)18(23)12-27-19-11-14(3)4-9-17(19)22(25)26/h4-9,11,13H,10,12H2,1-3H3,(H,21,24). The summed E-state index contributed by atoms with van der Waals surface area (Å²) in [5.41, 5.74) is 1.61. The van der Waals surface area contributed by atoms with Crippen LogP contribution in [0.3, 0.4) is 0 Å². The highest BCUT2D eigenvalue weighted by molar-refractivity contribution is 5.98. The van der Waals surface area contributed by atoms with Crippen molar-refractivity contribution < 1.29 is 19.2 Å². The van der Waals surface area contributed by atoms with Gasteiger partial charge in [0.1, 0.15) is 0 Å². The smallest absolute Gasteiger partial charge is 0.310 e. The fourth-order valence-corrected chi connectivity index (χ4v) is 2.44. The number of carbonyl (C=O) groups is 2. The predicted octanol–water partition coefficient (Wildman–Crippen LogP) is 4.15. The second-order valence-corrected chi connectivity index (χ2v) is 6.66. The number of nitrogens with one attached hydrogen (secondary N) is 1. The van der Waals surface area contributed by atoms with E-state index in [2.05, 4.69) is 5.32 Å². The Hall–Kier alpha value is -3.22. The van der Waals surface area contributed by atoms with Gasteiger partial charge in [0, 0.05) is 23.7 Å². The van der Waals surface area contributed by atoms with E-state index in [1.54, 1.807) is 37.3 Å². The normalized spacial score (nSPS) is 10.5. The molecule has 0 aliphatic carbocycles. The number of carbonyl (C=O) groups excluding carboxylic acids is 2. The monoisotopic (exact) mass is 370 g/mol. The Bertz CT molecular complexity index is 844. The van der Waals surface area contributed by atoms with Crippen molar-refractivity contribution in [2.75, 3.05) is 11.9 Å². The van der Waals surface area contributed by atoms with E-state index in [9.17, 15) is 19.7 Å². The zero-order valence-electron chi connectivity index (χ0n) is 15.5. The van der Waals surface area contributed by atoms with Gasteiger partial charge in [-0.15, -0.1) is 0 Å². The third-order valence-corrected chi connectivity index (χ3v) is 3.76. The molecule has 2 aromatic rings. The largest absolute Gasteiger partial charge is 0.478 e. The van der Waals surface area contributed by atoms with Gasteiger partial charge < -0.3 is 10.1 Å². The molecule has 2 aromatic carbocycles. The first-order valence-electron chi connectivity index (χ1n) is 8.57. The first-order chi connectivity index (χ1) is 12.8. The number of aryl methyl sites for hydroxylation is 1. The summed E-state index contributed by atoms with van der Waals surface area (Å²) < 4.78 is 5.37. The summed E-state index contributed by atoms with van der Waals surface area (Å²) in [6.07, 6.45) is 0.420. The first-order valence-corrected chi connectivity index (χ1v) is 8.57. The number of nitrogens with zero attached hydrogens (tertiary/aromatic N) is 1. The molecule has 0 atom stereocenters. The van der Waals surface area contributed by atoms with Crippen molar-refractivity contribution in [2.24, 2.45) is 5.92 Å².